The maximum absolute atomic E-state index is 13.4. The standard InChI is InChI=1S/C38H60O11/c1-19(2)20(3)34(5)13-14-36(7)22-9-10-26-35(6)17-46-18-38(26,23(22)11-12-37(36,8)30(34)32(44)45)15-24(47-21(4)40)31(35)49-33-29(43)28(42)27(41)25(16-39)48-33/h11,19-20,22,24-31,33,39,41-43H,9-10,12-18H2,1-8H3,(H,44,45)/t20-,22+,24-,25-,26+,27-,28+,29-,30-,31+,33+,34-,35-,36-,37+,38+/m1/s1. The number of esters is 1. The molecule has 6 rings (SSSR count). The lowest BCUT2D eigenvalue weighted by Gasteiger charge is -2.71. The van der Waals surface area contributed by atoms with Crippen LogP contribution in [-0.2, 0) is 28.5 Å². The molecule has 0 radical (unpaired) electrons. The van der Waals surface area contributed by atoms with Crippen molar-refractivity contribution in [1.82, 2.24) is 0 Å². The molecule has 0 amide bonds. The first-order chi connectivity index (χ1) is 22.8. The first-order valence-corrected chi connectivity index (χ1v) is 18.5. The summed E-state index contributed by atoms with van der Waals surface area (Å²) in [4.78, 5) is 26.0. The van der Waals surface area contributed by atoms with Gasteiger partial charge in [-0.05, 0) is 78.4 Å². The van der Waals surface area contributed by atoms with Crippen molar-refractivity contribution in [3.63, 3.8) is 0 Å². The van der Waals surface area contributed by atoms with E-state index in [-0.39, 0.29) is 28.6 Å². The molecule has 0 aromatic rings. The Morgan fingerprint density at radius 1 is 0.980 bits per heavy atom. The Labute approximate surface area is 290 Å². The van der Waals surface area contributed by atoms with Gasteiger partial charge in [-0.1, -0.05) is 60.1 Å². The quantitative estimate of drug-likeness (QED) is 0.150. The van der Waals surface area contributed by atoms with Crippen LogP contribution in [0, 0.1) is 56.7 Å². The molecule has 2 heterocycles. The molecule has 5 N–H and O–H groups in total. The predicted molar refractivity (Wildman–Crippen MR) is 178 cm³/mol. The highest BCUT2D eigenvalue weighted by Gasteiger charge is 2.72. The molecule has 2 aliphatic heterocycles. The number of carbonyl (C=O) groups excluding carboxylic acids is 1. The van der Waals surface area contributed by atoms with E-state index in [1.165, 1.54) is 12.5 Å². The molecule has 0 unspecified atom stereocenters. The number of carboxylic acids is 1. The molecule has 49 heavy (non-hydrogen) atoms. The zero-order valence-electron chi connectivity index (χ0n) is 30.6. The number of hydrogen-bond acceptors (Lipinski definition) is 10. The van der Waals surface area contributed by atoms with Gasteiger partial charge in [-0.2, -0.15) is 0 Å². The number of aliphatic carboxylic acids is 1. The van der Waals surface area contributed by atoms with Crippen LogP contribution in [0.15, 0.2) is 11.6 Å². The van der Waals surface area contributed by atoms with E-state index in [9.17, 15) is 35.1 Å². The van der Waals surface area contributed by atoms with E-state index in [2.05, 4.69) is 54.5 Å². The van der Waals surface area contributed by atoms with Crippen LogP contribution in [0.4, 0.5) is 0 Å². The minimum Gasteiger partial charge on any atom is -0.481 e. The Bertz CT molecular complexity index is 1330. The summed E-state index contributed by atoms with van der Waals surface area (Å²) in [6.45, 7) is 17.0. The van der Waals surface area contributed by atoms with Gasteiger partial charge in [0.05, 0.1) is 25.7 Å². The molecule has 11 heteroatoms. The monoisotopic (exact) mass is 692 g/mol. The second-order valence-electron chi connectivity index (χ2n) is 18.0. The summed E-state index contributed by atoms with van der Waals surface area (Å²) in [5.74, 6) is -0.879. The van der Waals surface area contributed by atoms with Gasteiger partial charge in [0.2, 0.25) is 0 Å². The number of fused-ring (bicyclic) bond motifs is 3. The lowest BCUT2D eigenvalue weighted by molar-refractivity contribution is -0.349. The van der Waals surface area contributed by atoms with Crippen molar-refractivity contribution in [2.75, 3.05) is 19.8 Å². The number of carbonyl (C=O) groups is 2. The zero-order valence-corrected chi connectivity index (χ0v) is 30.6. The fraction of sp³-hybridized carbons (Fsp3) is 0.895. The second-order valence-corrected chi connectivity index (χ2v) is 18.0. The van der Waals surface area contributed by atoms with Crippen molar-refractivity contribution in [1.29, 1.82) is 0 Å². The van der Waals surface area contributed by atoms with Gasteiger partial charge in [0, 0.05) is 17.8 Å². The fourth-order valence-corrected chi connectivity index (χ4v) is 12.5. The van der Waals surface area contributed by atoms with Crippen LogP contribution >= 0.6 is 0 Å². The minimum atomic E-state index is -1.60. The van der Waals surface area contributed by atoms with Gasteiger partial charge >= 0.3 is 11.9 Å². The third-order valence-electron chi connectivity index (χ3n) is 15.5. The molecule has 0 aromatic heterocycles. The van der Waals surface area contributed by atoms with Crippen molar-refractivity contribution in [2.45, 2.75) is 137 Å². The number of carboxylic acid groups (broad SMARTS) is 1. The van der Waals surface area contributed by atoms with Crippen LogP contribution in [0.3, 0.4) is 0 Å². The first-order valence-electron chi connectivity index (χ1n) is 18.5. The molecule has 16 atom stereocenters. The fourth-order valence-electron chi connectivity index (χ4n) is 12.5. The molecule has 11 nitrogen and oxygen atoms in total. The first kappa shape index (κ1) is 37.2. The molecule has 0 aromatic carbocycles. The van der Waals surface area contributed by atoms with E-state index in [4.69, 9.17) is 18.9 Å². The van der Waals surface area contributed by atoms with Crippen LogP contribution in [-0.4, -0.2) is 100 Å². The van der Waals surface area contributed by atoms with Crippen molar-refractivity contribution in [3.05, 3.63) is 11.6 Å². The highest BCUT2D eigenvalue weighted by molar-refractivity contribution is 5.73. The lowest BCUT2D eigenvalue weighted by atomic mass is 9.34. The van der Waals surface area contributed by atoms with Crippen LogP contribution in [0.1, 0.15) is 93.9 Å². The van der Waals surface area contributed by atoms with Crippen molar-refractivity contribution in [2.24, 2.45) is 56.7 Å². The summed E-state index contributed by atoms with van der Waals surface area (Å²) in [6.07, 6.45) is -1.86. The van der Waals surface area contributed by atoms with E-state index in [1.54, 1.807) is 0 Å². The number of hydrogen-bond donors (Lipinski definition) is 5. The van der Waals surface area contributed by atoms with Gasteiger partial charge in [-0.3, -0.25) is 9.59 Å². The molecule has 2 saturated heterocycles. The highest BCUT2D eigenvalue weighted by Crippen LogP contribution is 2.75. The molecule has 6 aliphatic rings. The van der Waals surface area contributed by atoms with Gasteiger partial charge in [0.25, 0.3) is 0 Å². The van der Waals surface area contributed by atoms with Gasteiger partial charge in [-0.15, -0.1) is 0 Å². The summed E-state index contributed by atoms with van der Waals surface area (Å²) in [5.41, 5.74) is -0.955. The number of allylic oxidation sites excluding steroid dienone is 1. The molecule has 0 spiro atoms. The molecule has 5 fully saturated rings. The number of aliphatic hydroxyl groups excluding tert-OH is 4. The van der Waals surface area contributed by atoms with Crippen molar-refractivity contribution >= 4 is 11.9 Å². The summed E-state index contributed by atoms with van der Waals surface area (Å²) < 4.78 is 24.8. The third-order valence-corrected chi connectivity index (χ3v) is 15.5. The summed E-state index contributed by atoms with van der Waals surface area (Å²) in [7, 11) is 0. The normalized spacial score (nSPS) is 51.5. The van der Waals surface area contributed by atoms with Gasteiger partial charge in [0.1, 0.15) is 36.6 Å². The highest BCUT2D eigenvalue weighted by atomic mass is 16.7. The van der Waals surface area contributed by atoms with Crippen LogP contribution in [0.2, 0.25) is 0 Å². The maximum Gasteiger partial charge on any atom is 0.307 e. The van der Waals surface area contributed by atoms with E-state index >= 15 is 0 Å². The van der Waals surface area contributed by atoms with Gasteiger partial charge in [0.15, 0.2) is 6.29 Å². The number of rotatable bonds is 7. The average Bonchev–Trinajstić information content (AvgIpc) is 3.02. The van der Waals surface area contributed by atoms with Crippen LogP contribution in [0.5, 0.6) is 0 Å². The summed E-state index contributed by atoms with van der Waals surface area (Å²) in [5, 5.41) is 52.6. The average molecular weight is 693 g/mol. The van der Waals surface area contributed by atoms with Crippen LogP contribution < -0.4 is 0 Å². The Kier molecular flexibility index (Phi) is 9.50. The SMILES string of the molecule is CC(=O)O[C@@H]1C[C@@]23COC[C@](C)([C@@H]2CC[C@H]2C3=CC[C@@]3(C)[C@H](C(=O)O)[C@@](C)([C@H](C)C(C)C)CC[C@]23C)[C@H]1O[C@@H]1O[C@H](CO)[C@@H](O)[C@H](O)[C@H]1O. The Hall–Kier alpha value is -1.60. The Morgan fingerprint density at radius 2 is 1.67 bits per heavy atom. The predicted octanol–water partition coefficient (Wildman–Crippen LogP) is 3.69. The number of ether oxygens (including phenoxy) is 4. The summed E-state index contributed by atoms with van der Waals surface area (Å²) >= 11 is 0. The molecule has 2 bridgehead atoms. The van der Waals surface area contributed by atoms with E-state index in [1.807, 2.05) is 0 Å². The minimum absolute atomic E-state index is 0.0657. The largest absolute Gasteiger partial charge is 0.481 e. The van der Waals surface area contributed by atoms with E-state index in [0.29, 0.717) is 32.0 Å². The van der Waals surface area contributed by atoms with Crippen molar-refractivity contribution in [3.8, 4) is 0 Å². The second kappa shape index (κ2) is 12.5. The zero-order chi connectivity index (χ0) is 36.1. The molecular formula is C38H60O11. The Balaban J connectivity index is 1.40. The molecular weight excluding hydrogens is 632 g/mol. The molecule has 4 aliphatic carbocycles. The summed E-state index contributed by atoms with van der Waals surface area (Å²) in [6, 6.07) is 0. The smallest absolute Gasteiger partial charge is 0.307 e. The molecule has 3 saturated carbocycles. The topological polar surface area (TPSA) is 172 Å². The Morgan fingerprint density at radius 3 is 2.29 bits per heavy atom. The number of aliphatic hydroxyl groups is 4. The maximum atomic E-state index is 13.4. The van der Waals surface area contributed by atoms with E-state index in [0.717, 1.165) is 25.7 Å². The van der Waals surface area contributed by atoms with Crippen LogP contribution in [0.25, 0.3) is 0 Å². The third kappa shape index (κ3) is 5.22. The molecule has 278 valence electrons. The van der Waals surface area contributed by atoms with E-state index < -0.39 is 83.6 Å². The van der Waals surface area contributed by atoms with Crippen molar-refractivity contribution < 1.29 is 54.1 Å². The van der Waals surface area contributed by atoms with Gasteiger partial charge in [-0.25, -0.2) is 0 Å². The van der Waals surface area contributed by atoms with Gasteiger partial charge < -0.3 is 44.5 Å². The lowest BCUT2D eigenvalue weighted by Crippen LogP contribution is -2.71.